The average molecular weight is 797 g/mol. The summed E-state index contributed by atoms with van der Waals surface area (Å²) in [6, 6.07) is 0. The summed E-state index contributed by atoms with van der Waals surface area (Å²) in [5.41, 5.74) is 9.56. The molecule has 0 amide bonds. The molecule has 0 saturated carbocycles. The van der Waals surface area contributed by atoms with Gasteiger partial charge in [-0.1, -0.05) is 0 Å². The maximum absolute atomic E-state index is 12.3. The first kappa shape index (κ1) is 38.9. The first-order valence-electron chi connectivity index (χ1n) is 15.3. The van der Waals surface area contributed by atoms with Crippen LogP contribution >= 0.6 is 15.6 Å². The van der Waals surface area contributed by atoms with Crippen LogP contribution in [0.4, 0.5) is 11.9 Å². The third-order valence-corrected chi connectivity index (χ3v) is 9.86. The van der Waals surface area contributed by atoms with Crippen molar-refractivity contribution < 1.29 is 71.6 Å². The minimum atomic E-state index is -4.73. The van der Waals surface area contributed by atoms with Gasteiger partial charge in [-0.3, -0.25) is 46.8 Å². The summed E-state index contributed by atoms with van der Waals surface area (Å²) in [6.07, 6.45) is -9.35. The number of rotatable bonds is 16. The Morgan fingerprint density at radius 2 is 1.08 bits per heavy atom. The fourth-order valence-electron chi connectivity index (χ4n) is 5.39. The maximum atomic E-state index is 12.3. The molecule has 27 nitrogen and oxygen atoms in total. The molecule has 12 N–H and O–H groups in total. The second-order valence-electron chi connectivity index (χ2n) is 11.5. The molecule has 2 aliphatic rings. The van der Waals surface area contributed by atoms with E-state index in [2.05, 4.69) is 29.9 Å². The highest BCUT2D eigenvalue weighted by molar-refractivity contribution is 7.47. The van der Waals surface area contributed by atoms with E-state index in [1.807, 2.05) is 0 Å². The van der Waals surface area contributed by atoms with E-state index >= 15 is 0 Å². The molecule has 6 rings (SSSR count). The number of nitrogen functional groups attached to an aromatic ring is 2. The van der Waals surface area contributed by atoms with Crippen LogP contribution in [-0.4, -0.2) is 146 Å². The van der Waals surface area contributed by atoms with Gasteiger partial charge >= 0.3 is 15.6 Å². The number of hydrogen-bond acceptors (Lipinski definition) is 21. The number of hydrogen-bond donors (Lipinski definition) is 10. The van der Waals surface area contributed by atoms with Gasteiger partial charge in [0, 0.05) is 0 Å². The van der Waals surface area contributed by atoms with Gasteiger partial charge in [0.1, 0.15) is 36.6 Å². The van der Waals surface area contributed by atoms with Gasteiger partial charge in [-0.15, -0.1) is 0 Å². The molecule has 292 valence electrons. The monoisotopic (exact) mass is 796 g/mol. The van der Waals surface area contributed by atoms with Crippen molar-refractivity contribution in [2.24, 2.45) is 0 Å². The zero-order valence-electron chi connectivity index (χ0n) is 26.9. The highest BCUT2D eigenvalue weighted by Crippen LogP contribution is 2.45. The molecular weight excluding hydrogens is 762 g/mol. The molecule has 4 unspecified atom stereocenters. The van der Waals surface area contributed by atoms with E-state index in [-0.39, 0.29) is 47.4 Å². The van der Waals surface area contributed by atoms with Crippen LogP contribution in [0.5, 0.6) is 0 Å². The molecule has 2 fully saturated rings. The molecule has 0 bridgehead atoms. The lowest BCUT2D eigenvalue weighted by atomic mass is 10.1. The summed E-state index contributed by atoms with van der Waals surface area (Å²) in [6.45, 7) is -3.02. The molecule has 2 saturated heterocycles. The van der Waals surface area contributed by atoms with Crippen molar-refractivity contribution in [3.05, 3.63) is 33.4 Å². The minimum Gasteiger partial charge on any atom is -0.387 e. The van der Waals surface area contributed by atoms with Crippen molar-refractivity contribution in [1.29, 1.82) is 0 Å². The lowest BCUT2D eigenvalue weighted by Crippen LogP contribution is -2.33. The number of anilines is 2. The quantitative estimate of drug-likeness (QED) is 0.0381. The second-order valence-corrected chi connectivity index (χ2v) is 14.4. The Bertz CT molecular complexity index is 2000. The predicted octanol–water partition coefficient (Wildman–Crippen LogP) is -4.06. The fraction of sp³-hybridized carbons (Fsp3) is 0.583. The third kappa shape index (κ3) is 8.49. The van der Waals surface area contributed by atoms with Gasteiger partial charge in [-0.2, -0.15) is 9.97 Å². The van der Waals surface area contributed by atoms with Gasteiger partial charge in [0.15, 0.2) is 34.8 Å². The average Bonchev–Trinajstić information content (AvgIpc) is 3.84. The molecule has 0 aliphatic carbocycles. The van der Waals surface area contributed by atoms with E-state index < -0.39 is 102 Å². The number of fused-ring (bicyclic) bond motifs is 2. The number of aliphatic hydroxyl groups is 4. The third-order valence-electron chi connectivity index (χ3n) is 7.89. The Balaban J connectivity index is 0.884. The number of nitrogens with zero attached hydrogens (tertiary/aromatic N) is 6. The number of phosphoric acid groups is 2. The van der Waals surface area contributed by atoms with Crippen molar-refractivity contribution in [3.63, 3.8) is 0 Å². The summed E-state index contributed by atoms with van der Waals surface area (Å²) < 4.78 is 62.6. The van der Waals surface area contributed by atoms with Crippen LogP contribution in [0.15, 0.2) is 22.2 Å². The lowest BCUT2D eigenvalue weighted by Gasteiger charge is -2.18. The van der Waals surface area contributed by atoms with Crippen molar-refractivity contribution in [1.82, 2.24) is 39.0 Å². The van der Waals surface area contributed by atoms with E-state index in [0.29, 0.717) is 0 Å². The summed E-state index contributed by atoms with van der Waals surface area (Å²) in [4.78, 5) is 64.3. The lowest BCUT2D eigenvalue weighted by molar-refractivity contribution is -0.0526. The van der Waals surface area contributed by atoms with Gasteiger partial charge in [-0.25, -0.2) is 19.1 Å². The molecular formula is C24H34N10O17P2. The van der Waals surface area contributed by atoms with Crippen LogP contribution in [0.3, 0.4) is 0 Å². The van der Waals surface area contributed by atoms with Gasteiger partial charge in [-0.05, 0) is 0 Å². The second kappa shape index (κ2) is 15.5. The van der Waals surface area contributed by atoms with Gasteiger partial charge in [0.05, 0.1) is 52.3 Å². The molecule has 4 aromatic heterocycles. The summed E-state index contributed by atoms with van der Waals surface area (Å²) >= 11 is 0. The van der Waals surface area contributed by atoms with Crippen molar-refractivity contribution in [2.75, 3.05) is 51.1 Å². The summed E-state index contributed by atoms with van der Waals surface area (Å²) in [7, 11) is -9.47. The summed E-state index contributed by atoms with van der Waals surface area (Å²) in [5, 5.41) is 41.9. The van der Waals surface area contributed by atoms with Crippen LogP contribution in [-0.2, 0) is 41.4 Å². The van der Waals surface area contributed by atoms with Crippen molar-refractivity contribution >= 4 is 49.9 Å². The number of ether oxygens (including phenoxy) is 3. The SMILES string of the molecule is Nc1nc2c(ncn2[C@@H]2O[C@H](COP(=O)(O)OCCOCCOP(=O)(O)OC[C@@H]3O[C@H](n4cnc5c(=O)[nH]c(N)nc54)C(O)[C@@H]3O)[C@H](O)C2O)c(=O)[nH]1. The number of phosphoric ester groups is 2. The maximum Gasteiger partial charge on any atom is 0.472 e. The van der Waals surface area contributed by atoms with E-state index in [4.69, 9.17) is 43.8 Å². The molecule has 53 heavy (non-hydrogen) atoms. The Morgan fingerprint density at radius 3 is 1.47 bits per heavy atom. The van der Waals surface area contributed by atoms with E-state index in [1.54, 1.807) is 0 Å². The molecule has 4 aromatic rings. The zero-order valence-corrected chi connectivity index (χ0v) is 28.7. The molecule has 0 aromatic carbocycles. The van der Waals surface area contributed by atoms with E-state index in [9.17, 15) is 48.9 Å². The number of aromatic nitrogens is 8. The molecule has 10 atom stereocenters. The predicted molar refractivity (Wildman–Crippen MR) is 171 cm³/mol. The normalized spacial score (nSPS) is 28.5. The summed E-state index contributed by atoms with van der Waals surface area (Å²) in [5.74, 6) is -0.460. The van der Waals surface area contributed by atoms with Crippen LogP contribution in [0.2, 0.25) is 0 Å². The number of imidazole rings is 2. The molecule has 0 spiro atoms. The topological polar surface area (TPSA) is 399 Å². The number of nitrogens with two attached hydrogens (primary N) is 2. The number of H-pyrrole nitrogens is 2. The number of nitrogens with one attached hydrogen (secondary N) is 2. The van der Waals surface area contributed by atoms with Crippen LogP contribution in [0.25, 0.3) is 22.3 Å². The standard InChI is InChI=1S/C24H34N10O17P2/c25-23-29-17-11(19(39)31-23)27-7-33(17)21-15(37)13(35)9(50-21)5-48-52(41,42)46-3-1-45-2-4-47-53(43,44)49-6-10-14(36)16(38)22(51-10)34-8-28-12-18(34)30-24(26)32-20(12)40/h7-10,13-16,21-22,35-38H,1-6H2,(H,41,42)(H,43,44)(H3,25,29,31,39)(H3,26,30,32,40)/t9-,10+,13+,14-,15?,16?,21-,22+. The number of aliphatic hydroxyl groups excluding tert-OH is 4. The Labute approximate surface area is 294 Å². The Morgan fingerprint density at radius 1 is 0.679 bits per heavy atom. The smallest absolute Gasteiger partial charge is 0.387 e. The van der Waals surface area contributed by atoms with Crippen molar-refractivity contribution in [3.8, 4) is 0 Å². The Hall–Kier alpha value is -3.76. The van der Waals surface area contributed by atoms with Gasteiger partial charge < -0.3 is 55.9 Å². The highest BCUT2D eigenvalue weighted by Gasteiger charge is 2.47. The van der Waals surface area contributed by atoms with Crippen LogP contribution < -0.4 is 22.6 Å². The molecule has 29 heteroatoms. The van der Waals surface area contributed by atoms with E-state index in [0.717, 1.165) is 21.8 Å². The molecule has 0 radical (unpaired) electrons. The largest absolute Gasteiger partial charge is 0.472 e. The zero-order chi connectivity index (χ0) is 38.2. The van der Waals surface area contributed by atoms with Crippen LogP contribution in [0.1, 0.15) is 12.5 Å². The van der Waals surface area contributed by atoms with Gasteiger partial charge in [0.2, 0.25) is 11.9 Å². The van der Waals surface area contributed by atoms with Crippen LogP contribution in [0, 0.1) is 0 Å². The van der Waals surface area contributed by atoms with Crippen molar-refractivity contribution in [2.45, 2.75) is 49.1 Å². The Kier molecular flexibility index (Phi) is 11.4. The first-order chi connectivity index (χ1) is 25.0. The highest BCUT2D eigenvalue weighted by atomic mass is 31.2. The minimum absolute atomic E-state index is 0.0420. The molecule has 2 aliphatic heterocycles. The number of aromatic amines is 2. The fourth-order valence-corrected chi connectivity index (χ4v) is 6.82. The first-order valence-corrected chi connectivity index (χ1v) is 18.3. The van der Waals surface area contributed by atoms with E-state index in [1.165, 1.54) is 0 Å². The van der Waals surface area contributed by atoms with Gasteiger partial charge in [0.25, 0.3) is 11.1 Å². The molecule has 6 heterocycles.